The van der Waals surface area contributed by atoms with E-state index >= 15 is 0 Å². The van der Waals surface area contributed by atoms with E-state index in [1.54, 1.807) is 12.1 Å². The smallest absolute Gasteiger partial charge is 0.417 e. The molecule has 0 fully saturated rings. The van der Waals surface area contributed by atoms with Crippen LogP contribution in [0, 0.1) is 0 Å². The van der Waals surface area contributed by atoms with E-state index in [-0.39, 0.29) is 16.7 Å². The summed E-state index contributed by atoms with van der Waals surface area (Å²) in [7, 11) is 0. The molecule has 4 aromatic rings. The van der Waals surface area contributed by atoms with Gasteiger partial charge in [0.2, 0.25) is 0 Å². The van der Waals surface area contributed by atoms with Crippen LogP contribution >= 0.6 is 0 Å². The number of para-hydroxylation sites is 1. The summed E-state index contributed by atoms with van der Waals surface area (Å²) < 4.78 is 49.7. The lowest BCUT2D eigenvalue weighted by Gasteiger charge is -2.13. The van der Waals surface area contributed by atoms with Gasteiger partial charge >= 0.3 is 11.8 Å². The molecule has 0 unspecified atom stereocenters. The lowest BCUT2D eigenvalue weighted by atomic mass is 10.0. The molecule has 0 aliphatic heterocycles. The van der Waals surface area contributed by atoms with E-state index < -0.39 is 29.9 Å². The first-order valence-electron chi connectivity index (χ1n) is 9.53. The Morgan fingerprint density at radius 2 is 1.66 bits per heavy atom. The van der Waals surface area contributed by atoms with Gasteiger partial charge in [0.1, 0.15) is 11.3 Å². The molecule has 0 spiro atoms. The second-order valence-electron chi connectivity index (χ2n) is 6.88. The Hall–Kier alpha value is -4.07. The number of alkyl halides is 3. The summed E-state index contributed by atoms with van der Waals surface area (Å²) in [6.07, 6.45) is -4.71. The first kappa shape index (κ1) is 21.2. The van der Waals surface area contributed by atoms with Gasteiger partial charge in [0.15, 0.2) is 6.61 Å². The third-order valence-corrected chi connectivity index (χ3v) is 4.68. The van der Waals surface area contributed by atoms with Gasteiger partial charge in [-0.05, 0) is 23.8 Å². The van der Waals surface area contributed by atoms with Gasteiger partial charge in [-0.15, -0.1) is 0 Å². The van der Waals surface area contributed by atoms with E-state index in [0.717, 1.165) is 23.3 Å². The molecular formula is C24H16F3NO4. The highest BCUT2D eigenvalue weighted by Gasteiger charge is 2.33. The average Bonchev–Trinajstić information content (AvgIpc) is 2.77. The number of hydrogen-bond donors (Lipinski definition) is 1. The van der Waals surface area contributed by atoms with Crippen molar-refractivity contribution in [3.05, 3.63) is 94.8 Å². The second kappa shape index (κ2) is 8.58. The Kier molecular flexibility index (Phi) is 5.68. The molecule has 162 valence electrons. The normalized spacial score (nSPS) is 11.3. The molecule has 3 aromatic carbocycles. The minimum absolute atomic E-state index is 0.0893. The zero-order valence-electron chi connectivity index (χ0n) is 16.5. The predicted octanol–water partition coefficient (Wildman–Crippen LogP) is 5.50. The number of fused-ring (bicyclic) bond motifs is 1. The summed E-state index contributed by atoms with van der Waals surface area (Å²) in [5.74, 6) is -0.370. The van der Waals surface area contributed by atoms with Crippen LogP contribution < -0.4 is 15.7 Å². The molecule has 4 rings (SSSR count). The monoisotopic (exact) mass is 439 g/mol. The first-order chi connectivity index (χ1) is 15.3. The van der Waals surface area contributed by atoms with Gasteiger partial charge in [-0.2, -0.15) is 13.2 Å². The number of anilines is 1. The summed E-state index contributed by atoms with van der Waals surface area (Å²) >= 11 is 0. The zero-order valence-corrected chi connectivity index (χ0v) is 16.5. The van der Waals surface area contributed by atoms with Crippen LogP contribution in [-0.2, 0) is 11.0 Å². The zero-order chi connectivity index (χ0) is 22.7. The number of carbonyl (C=O) groups is 1. The Morgan fingerprint density at radius 1 is 0.938 bits per heavy atom. The van der Waals surface area contributed by atoms with Crippen LogP contribution in [0.2, 0.25) is 0 Å². The third kappa shape index (κ3) is 4.64. The first-order valence-corrected chi connectivity index (χ1v) is 9.53. The summed E-state index contributed by atoms with van der Waals surface area (Å²) in [4.78, 5) is 23.9. The molecule has 1 heterocycles. The highest BCUT2D eigenvalue weighted by molar-refractivity contribution is 5.96. The molecule has 0 bridgehead atoms. The summed E-state index contributed by atoms with van der Waals surface area (Å²) in [6.45, 7) is -0.391. The van der Waals surface area contributed by atoms with Crippen molar-refractivity contribution in [3.63, 3.8) is 0 Å². The van der Waals surface area contributed by atoms with Crippen molar-refractivity contribution in [2.24, 2.45) is 0 Å². The summed E-state index contributed by atoms with van der Waals surface area (Å²) in [5, 5.41) is 2.50. The Morgan fingerprint density at radius 3 is 2.41 bits per heavy atom. The van der Waals surface area contributed by atoms with Gasteiger partial charge in [0.05, 0.1) is 5.56 Å². The molecule has 0 aliphatic carbocycles. The molecule has 0 radical (unpaired) electrons. The highest BCUT2D eigenvalue weighted by atomic mass is 19.4. The highest BCUT2D eigenvalue weighted by Crippen LogP contribution is 2.35. The van der Waals surface area contributed by atoms with Crippen molar-refractivity contribution in [1.82, 2.24) is 0 Å². The van der Waals surface area contributed by atoms with E-state index in [0.29, 0.717) is 11.8 Å². The minimum Gasteiger partial charge on any atom is -0.484 e. The third-order valence-electron chi connectivity index (χ3n) is 4.68. The minimum atomic E-state index is -4.71. The van der Waals surface area contributed by atoms with Crippen LogP contribution in [0.5, 0.6) is 5.75 Å². The lowest BCUT2D eigenvalue weighted by Crippen LogP contribution is -2.20. The van der Waals surface area contributed by atoms with Crippen LogP contribution in [0.4, 0.5) is 18.9 Å². The SMILES string of the molecule is O=C(COc1ccc2c(C(F)(F)F)cc(=O)oc2c1)Nc1ccccc1-c1ccccc1. The van der Waals surface area contributed by atoms with Crippen molar-refractivity contribution in [2.75, 3.05) is 11.9 Å². The maximum Gasteiger partial charge on any atom is 0.417 e. The van der Waals surface area contributed by atoms with Crippen molar-refractivity contribution < 1.29 is 27.1 Å². The van der Waals surface area contributed by atoms with Crippen LogP contribution in [0.1, 0.15) is 5.56 Å². The number of benzene rings is 3. The fourth-order valence-electron chi connectivity index (χ4n) is 3.26. The van der Waals surface area contributed by atoms with Crippen molar-refractivity contribution in [3.8, 4) is 16.9 Å². The Bertz CT molecular complexity index is 1330. The van der Waals surface area contributed by atoms with E-state index in [1.807, 2.05) is 42.5 Å². The Balaban J connectivity index is 1.50. The number of carbonyl (C=O) groups excluding carboxylic acids is 1. The van der Waals surface area contributed by atoms with E-state index in [1.165, 1.54) is 6.07 Å². The molecule has 1 aromatic heterocycles. The predicted molar refractivity (Wildman–Crippen MR) is 113 cm³/mol. The Labute approximate surface area is 180 Å². The number of ether oxygens (including phenoxy) is 1. The van der Waals surface area contributed by atoms with Gasteiger partial charge in [0.25, 0.3) is 5.91 Å². The summed E-state index contributed by atoms with van der Waals surface area (Å²) in [6, 6.07) is 20.7. The van der Waals surface area contributed by atoms with Gasteiger partial charge < -0.3 is 14.5 Å². The van der Waals surface area contributed by atoms with Gasteiger partial charge in [0, 0.05) is 28.8 Å². The molecule has 1 amide bonds. The molecule has 0 atom stereocenters. The molecule has 5 nitrogen and oxygen atoms in total. The number of amides is 1. The molecule has 8 heteroatoms. The maximum absolute atomic E-state index is 13.1. The molecular weight excluding hydrogens is 423 g/mol. The van der Waals surface area contributed by atoms with Gasteiger partial charge in [-0.25, -0.2) is 4.79 Å². The number of halogens is 3. The quantitative estimate of drug-likeness (QED) is 0.417. The fraction of sp³-hybridized carbons (Fsp3) is 0.0833. The maximum atomic E-state index is 13.1. The van der Waals surface area contributed by atoms with E-state index in [4.69, 9.17) is 9.15 Å². The average molecular weight is 439 g/mol. The molecule has 0 saturated heterocycles. The van der Waals surface area contributed by atoms with Crippen LogP contribution in [0.15, 0.2) is 88.1 Å². The van der Waals surface area contributed by atoms with Crippen molar-refractivity contribution in [1.29, 1.82) is 0 Å². The van der Waals surface area contributed by atoms with E-state index in [2.05, 4.69) is 5.32 Å². The summed E-state index contributed by atoms with van der Waals surface area (Å²) in [5.41, 5.74) is -0.158. The number of rotatable bonds is 5. The second-order valence-corrected chi connectivity index (χ2v) is 6.88. The van der Waals surface area contributed by atoms with Gasteiger partial charge in [-0.3, -0.25) is 4.79 Å². The standard InChI is InChI=1S/C24H16F3NO4/c25-24(26,27)19-13-23(30)32-21-12-16(10-11-18(19)21)31-14-22(29)28-20-9-5-4-8-17(20)15-6-2-1-3-7-15/h1-13H,14H2,(H,28,29). The lowest BCUT2D eigenvalue weighted by molar-refractivity contribution is -0.136. The topological polar surface area (TPSA) is 68.5 Å². The molecule has 0 saturated carbocycles. The van der Waals surface area contributed by atoms with Gasteiger partial charge in [-0.1, -0.05) is 48.5 Å². The molecule has 0 aliphatic rings. The van der Waals surface area contributed by atoms with Crippen molar-refractivity contribution >= 4 is 22.6 Å². The molecule has 1 N–H and O–H groups in total. The number of hydrogen-bond acceptors (Lipinski definition) is 4. The van der Waals surface area contributed by atoms with Crippen LogP contribution in [0.3, 0.4) is 0 Å². The van der Waals surface area contributed by atoms with E-state index in [9.17, 15) is 22.8 Å². The van der Waals surface area contributed by atoms with Crippen LogP contribution in [-0.4, -0.2) is 12.5 Å². The van der Waals surface area contributed by atoms with Crippen molar-refractivity contribution in [2.45, 2.75) is 6.18 Å². The largest absolute Gasteiger partial charge is 0.484 e. The molecule has 32 heavy (non-hydrogen) atoms. The fourth-order valence-corrected chi connectivity index (χ4v) is 3.26. The van der Waals surface area contributed by atoms with Crippen LogP contribution in [0.25, 0.3) is 22.1 Å². The number of nitrogens with one attached hydrogen (secondary N) is 1.